The highest BCUT2D eigenvalue weighted by Crippen LogP contribution is 2.16. The SMILES string of the molecule is Cc1cccc(-c2noc(C(=O)NC(C)C)n2)c1. The average Bonchev–Trinajstić information content (AvgIpc) is 2.77. The summed E-state index contributed by atoms with van der Waals surface area (Å²) < 4.78 is 4.95. The van der Waals surface area contributed by atoms with Crippen molar-refractivity contribution in [2.45, 2.75) is 26.8 Å². The van der Waals surface area contributed by atoms with Gasteiger partial charge < -0.3 is 9.84 Å². The third-order valence-electron chi connectivity index (χ3n) is 2.32. The molecular weight excluding hydrogens is 230 g/mol. The van der Waals surface area contributed by atoms with E-state index in [1.807, 2.05) is 45.0 Å². The summed E-state index contributed by atoms with van der Waals surface area (Å²) in [6.07, 6.45) is 0. The fourth-order valence-corrected chi connectivity index (χ4v) is 1.54. The van der Waals surface area contributed by atoms with Crippen LogP contribution in [0.1, 0.15) is 30.1 Å². The minimum Gasteiger partial charge on any atom is -0.346 e. The van der Waals surface area contributed by atoms with E-state index in [1.54, 1.807) is 0 Å². The highest BCUT2D eigenvalue weighted by molar-refractivity contribution is 5.90. The summed E-state index contributed by atoms with van der Waals surface area (Å²) in [5, 5.41) is 6.51. The van der Waals surface area contributed by atoms with Gasteiger partial charge in [0, 0.05) is 11.6 Å². The Morgan fingerprint density at radius 1 is 1.39 bits per heavy atom. The van der Waals surface area contributed by atoms with Gasteiger partial charge in [-0.25, -0.2) is 0 Å². The lowest BCUT2D eigenvalue weighted by molar-refractivity contribution is 0.0899. The molecule has 18 heavy (non-hydrogen) atoms. The minimum absolute atomic E-state index is 0.0137. The standard InChI is InChI=1S/C13H15N3O2/c1-8(2)14-12(17)13-15-11(16-18-13)10-6-4-5-9(3)7-10/h4-8H,1-3H3,(H,14,17). The van der Waals surface area contributed by atoms with Crippen molar-refractivity contribution < 1.29 is 9.32 Å². The number of benzene rings is 1. The van der Waals surface area contributed by atoms with Crippen molar-refractivity contribution in [1.29, 1.82) is 0 Å². The molecule has 1 aromatic heterocycles. The predicted molar refractivity (Wildman–Crippen MR) is 67.1 cm³/mol. The zero-order chi connectivity index (χ0) is 13.1. The fourth-order valence-electron chi connectivity index (χ4n) is 1.54. The van der Waals surface area contributed by atoms with E-state index in [0.717, 1.165) is 11.1 Å². The number of aryl methyl sites for hydroxylation is 1. The molecule has 94 valence electrons. The second kappa shape index (κ2) is 5.00. The quantitative estimate of drug-likeness (QED) is 0.900. The Bertz CT molecular complexity index is 561. The zero-order valence-corrected chi connectivity index (χ0v) is 10.6. The molecule has 0 fully saturated rings. The van der Waals surface area contributed by atoms with Crippen molar-refractivity contribution in [2.24, 2.45) is 0 Å². The Kier molecular flexibility index (Phi) is 3.41. The van der Waals surface area contributed by atoms with Gasteiger partial charge in [-0.15, -0.1) is 0 Å². The van der Waals surface area contributed by atoms with Crippen molar-refractivity contribution in [3.8, 4) is 11.4 Å². The molecule has 0 aliphatic heterocycles. The monoisotopic (exact) mass is 245 g/mol. The molecule has 0 bridgehead atoms. The minimum atomic E-state index is -0.351. The third kappa shape index (κ3) is 2.74. The molecule has 0 saturated heterocycles. The van der Waals surface area contributed by atoms with Crippen molar-refractivity contribution in [3.63, 3.8) is 0 Å². The molecule has 0 saturated carbocycles. The summed E-state index contributed by atoms with van der Waals surface area (Å²) >= 11 is 0. The molecule has 0 aliphatic carbocycles. The molecular formula is C13H15N3O2. The molecule has 5 nitrogen and oxygen atoms in total. The fraction of sp³-hybridized carbons (Fsp3) is 0.308. The first-order valence-electron chi connectivity index (χ1n) is 5.78. The summed E-state index contributed by atoms with van der Waals surface area (Å²) in [4.78, 5) is 15.7. The first-order valence-corrected chi connectivity index (χ1v) is 5.78. The lowest BCUT2D eigenvalue weighted by atomic mass is 10.1. The maximum Gasteiger partial charge on any atom is 0.316 e. The molecule has 2 aromatic rings. The van der Waals surface area contributed by atoms with Crippen LogP contribution in [0, 0.1) is 6.92 Å². The van der Waals surface area contributed by atoms with Gasteiger partial charge in [0.2, 0.25) is 5.82 Å². The Morgan fingerprint density at radius 2 is 2.17 bits per heavy atom. The van der Waals surface area contributed by atoms with E-state index in [9.17, 15) is 4.79 Å². The molecule has 0 unspecified atom stereocenters. The number of hydrogen-bond donors (Lipinski definition) is 1. The van der Waals surface area contributed by atoms with Gasteiger partial charge in [-0.2, -0.15) is 4.98 Å². The molecule has 0 radical (unpaired) electrons. The number of rotatable bonds is 3. The number of carbonyl (C=O) groups excluding carboxylic acids is 1. The Morgan fingerprint density at radius 3 is 2.83 bits per heavy atom. The summed E-state index contributed by atoms with van der Waals surface area (Å²) in [6.45, 7) is 5.72. The van der Waals surface area contributed by atoms with E-state index >= 15 is 0 Å². The highest BCUT2D eigenvalue weighted by Gasteiger charge is 2.16. The van der Waals surface area contributed by atoms with Crippen LogP contribution in [0.15, 0.2) is 28.8 Å². The van der Waals surface area contributed by atoms with E-state index in [0.29, 0.717) is 5.82 Å². The van der Waals surface area contributed by atoms with Gasteiger partial charge in [0.15, 0.2) is 0 Å². The number of hydrogen-bond acceptors (Lipinski definition) is 4. The molecule has 1 heterocycles. The van der Waals surface area contributed by atoms with Gasteiger partial charge in [-0.1, -0.05) is 28.9 Å². The van der Waals surface area contributed by atoms with Crippen LogP contribution in [-0.4, -0.2) is 22.1 Å². The summed E-state index contributed by atoms with van der Waals surface area (Å²) in [5.41, 5.74) is 1.94. The number of nitrogens with one attached hydrogen (secondary N) is 1. The first kappa shape index (κ1) is 12.3. The van der Waals surface area contributed by atoms with Crippen molar-refractivity contribution >= 4 is 5.91 Å². The van der Waals surface area contributed by atoms with Crippen LogP contribution in [0.2, 0.25) is 0 Å². The van der Waals surface area contributed by atoms with E-state index < -0.39 is 0 Å². The van der Waals surface area contributed by atoms with E-state index in [1.165, 1.54) is 0 Å². The molecule has 1 aromatic carbocycles. The second-order valence-corrected chi connectivity index (χ2v) is 4.42. The van der Waals surface area contributed by atoms with Gasteiger partial charge in [-0.05, 0) is 26.8 Å². The van der Waals surface area contributed by atoms with Crippen LogP contribution in [0.5, 0.6) is 0 Å². The van der Waals surface area contributed by atoms with Crippen LogP contribution in [0.4, 0.5) is 0 Å². The summed E-state index contributed by atoms with van der Waals surface area (Å²) in [6, 6.07) is 7.74. The molecule has 0 spiro atoms. The molecule has 2 rings (SSSR count). The largest absolute Gasteiger partial charge is 0.346 e. The second-order valence-electron chi connectivity index (χ2n) is 4.42. The van der Waals surface area contributed by atoms with Crippen LogP contribution in [-0.2, 0) is 0 Å². The molecule has 1 amide bonds. The van der Waals surface area contributed by atoms with Gasteiger partial charge in [0.1, 0.15) is 0 Å². The lowest BCUT2D eigenvalue weighted by Crippen LogP contribution is -2.30. The molecule has 1 N–H and O–H groups in total. The summed E-state index contributed by atoms with van der Waals surface area (Å²) in [5.74, 6) is 0.0595. The lowest BCUT2D eigenvalue weighted by Gasteiger charge is -2.03. The van der Waals surface area contributed by atoms with Crippen molar-refractivity contribution in [2.75, 3.05) is 0 Å². The molecule has 0 aliphatic rings. The van der Waals surface area contributed by atoms with Gasteiger partial charge in [0.05, 0.1) is 0 Å². The number of amides is 1. The van der Waals surface area contributed by atoms with E-state index in [2.05, 4.69) is 15.5 Å². The summed E-state index contributed by atoms with van der Waals surface area (Å²) in [7, 11) is 0. The van der Waals surface area contributed by atoms with Crippen LogP contribution >= 0.6 is 0 Å². The topological polar surface area (TPSA) is 68.0 Å². The third-order valence-corrected chi connectivity index (χ3v) is 2.32. The van der Waals surface area contributed by atoms with Gasteiger partial charge in [-0.3, -0.25) is 4.79 Å². The maximum absolute atomic E-state index is 11.7. The van der Waals surface area contributed by atoms with E-state index in [4.69, 9.17) is 4.52 Å². The number of aromatic nitrogens is 2. The predicted octanol–water partition coefficient (Wildman–Crippen LogP) is 2.18. The van der Waals surface area contributed by atoms with E-state index in [-0.39, 0.29) is 17.8 Å². The van der Waals surface area contributed by atoms with Crippen molar-refractivity contribution in [3.05, 3.63) is 35.7 Å². The Labute approximate surface area is 105 Å². The van der Waals surface area contributed by atoms with Crippen LogP contribution in [0.3, 0.4) is 0 Å². The van der Waals surface area contributed by atoms with Crippen LogP contribution < -0.4 is 5.32 Å². The highest BCUT2D eigenvalue weighted by atomic mass is 16.5. The van der Waals surface area contributed by atoms with Crippen molar-refractivity contribution in [1.82, 2.24) is 15.5 Å². The zero-order valence-electron chi connectivity index (χ0n) is 10.6. The Balaban J connectivity index is 2.23. The molecule has 0 atom stereocenters. The number of nitrogens with zero attached hydrogens (tertiary/aromatic N) is 2. The van der Waals surface area contributed by atoms with Gasteiger partial charge in [0.25, 0.3) is 0 Å². The number of carbonyl (C=O) groups is 1. The maximum atomic E-state index is 11.7. The van der Waals surface area contributed by atoms with Gasteiger partial charge >= 0.3 is 11.8 Å². The average molecular weight is 245 g/mol. The first-order chi connectivity index (χ1) is 8.56. The molecule has 5 heteroatoms. The Hall–Kier alpha value is -2.17. The normalized spacial score (nSPS) is 10.7. The smallest absolute Gasteiger partial charge is 0.316 e. The van der Waals surface area contributed by atoms with Crippen LogP contribution in [0.25, 0.3) is 11.4 Å².